The zero-order valence-corrected chi connectivity index (χ0v) is 17.4. The Morgan fingerprint density at radius 2 is 1.69 bits per heavy atom. The van der Waals surface area contributed by atoms with E-state index in [2.05, 4.69) is 10.4 Å². The number of carbonyl (C=O) groups is 3. The van der Waals surface area contributed by atoms with E-state index in [1.165, 1.54) is 4.68 Å². The maximum atomic E-state index is 13.3. The number of carbonyl (C=O) groups excluding carboxylic acids is 3. The number of halogens is 3. The van der Waals surface area contributed by atoms with Crippen molar-refractivity contribution in [2.45, 2.75) is 51.2 Å². The van der Waals surface area contributed by atoms with Gasteiger partial charge in [0.25, 0.3) is 11.8 Å². The molecule has 4 rings (SSSR count). The Balaban J connectivity index is 1.26. The highest BCUT2D eigenvalue weighted by atomic mass is 19.4. The van der Waals surface area contributed by atoms with Crippen LogP contribution in [0.15, 0.2) is 24.3 Å². The van der Waals surface area contributed by atoms with E-state index in [-0.39, 0.29) is 49.3 Å². The summed E-state index contributed by atoms with van der Waals surface area (Å²) in [5, 5.41) is 6.45. The minimum absolute atomic E-state index is 0.0957. The smallest absolute Gasteiger partial charge is 0.354 e. The number of alkyl halides is 3. The van der Waals surface area contributed by atoms with Crippen LogP contribution < -0.4 is 5.32 Å². The predicted octanol–water partition coefficient (Wildman–Crippen LogP) is 2.97. The van der Waals surface area contributed by atoms with Crippen molar-refractivity contribution in [2.24, 2.45) is 0 Å². The number of imide groups is 1. The predicted molar refractivity (Wildman–Crippen MR) is 108 cm³/mol. The number of hydrogen-bond donors (Lipinski definition) is 1. The van der Waals surface area contributed by atoms with E-state index in [4.69, 9.17) is 0 Å². The van der Waals surface area contributed by atoms with Gasteiger partial charge in [0.1, 0.15) is 0 Å². The first-order chi connectivity index (χ1) is 15.3. The lowest BCUT2D eigenvalue weighted by atomic mass is 9.95. The van der Waals surface area contributed by atoms with Crippen molar-refractivity contribution in [3.8, 4) is 0 Å². The van der Waals surface area contributed by atoms with Gasteiger partial charge in [-0.2, -0.15) is 18.3 Å². The maximum Gasteiger partial charge on any atom is 0.435 e. The summed E-state index contributed by atoms with van der Waals surface area (Å²) in [6.07, 6.45) is -1.64. The summed E-state index contributed by atoms with van der Waals surface area (Å²) < 4.78 is 41.1. The molecule has 3 amide bonds. The molecule has 2 heterocycles. The molecule has 1 N–H and O–H groups in total. The van der Waals surface area contributed by atoms with E-state index < -0.39 is 11.9 Å². The van der Waals surface area contributed by atoms with Gasteiger partial charge in [0.05, 0.1) is 17.7 Å². The first kappa shape index (κ1) is 22.0. The fourth-order valence-corrected chi connectivity index (χ4v) is 4.31. The lowest BCUT2D eigenvalue weighted by molar-refractivity contribution is -0.142. The second-order valence-electron chi connectivity index (χ2n) is 7.96. The molecular formula is C22H23F3N4O3. The van der Waals surface area contributed by atoms with Crippen LogP contribution in [0.2, 0.25) is 0 Å². The standard InChI is InChI=1S/C22H23F3N4O3/c23-22(24,25)19-16-8-3-4-9-17(16)29(27-19)13-11-26-18(30)10-5-12-28-20(31)14-6-1-2-7-15(14)21(28)32/h1-2,6-7H,3-5,8-13H2,(H,26,30). The van der Waals surface area contributed by atoms with Crippen molar-refractivity contribution >= 4 is 17.7 Å². The third-order valence-corrected chi connectivity index (χ3v) is 5.83. The number of nitrogens with zero attached hydrogens (tertiary/aromatic N) is 3. The van der Waals surface area contributed by atoms with Gasteiger partial charge in [0.2, 0.25) is 5.91 Å². The first-order valence-electron chi connectivity index (χ1n) is 10.6. The Morgan fingerprint density at radius 1 is 1.03 bits per heavy atom. The largest absolute Gasteiger partial charge is 0.435 e. The van der Waals surface area contributed by atoms with Crippen LogP contribution in [0.5, 0.6) is 0 Å². The molecule has 0 unspecified atom stereocenters. The molecule has 32 heavy (non-hydrogen) atoms. The van der Waals surface area contributed by atoms with Crippen molar-refractivity contribution in [3.63, 3.8) is 0 Å². The number of amides is 3. The topological polar surface area (TPSA) is 84.3 Å². The van der Waals surface area contributed by atoms with Gasteiger partial charge in [-0.05, 0) is 44.2 Å². The Morgan fingerprint density at radius 3 is 2.34 bits per heavy atom. The summed E-state index contributed by atoms with van der Waals surface area (Å²) in [7, 11) is 0. The van der Waals surface area contributed by atoms with Crippen LogP contribution in [0.4, 0.5) is 13.2 Å². The van der Waals surface area contributed by atoms with Gasteiger partial charge in [0, 0.05) is 30.8 Å². The molecule has 0 saturated carbocycles. The number of rotatable bonds is 7. The molecule has 2 aromatic rings. The molecule has 0 saturated heterocycles. The molecule has 1 aliphatic heterocycles. The molecule has 10 heteroatoms. The lowest BCUT2D eigenvalue weighted by Gasteiger charge is -2.15. The molecule has 170 valence electrons. The molecule has 0 spiro atoms. The molecule has 0 atom stereocenters. The second-order valence-corrected chi connectivity index (χ2v) is 7.96. The van der Waals surface area contributed by atoms with Crippen molar-refractivity contribution in [1.29, 1.82) is 0 Å². The van der Waals surface area contributed by atoms with Gasteiger partial charge >= 0.3 is 6.18 Å². The Labute approximate surface area is 182 Å². The average molecular weight is 448 g/mol. The Bertz CT molecular complexity index is 1030. The van der Waals surface area contributed by atoms with E-state index in [1.54, 1.807) is 24.3 Å². The second kappa shape index (κ2) is 8.76. The summed E-state index contributed by atoms with van der Waals surface area (Å²) in [4.78, 5) is 37.9. The van der Waals surface area contributed by atoms with Crippen LogP contribution in [0.3, 0.4) is 0 Å². The van der Waals surface area contributed by atoms with Crippen LogP contribution in [0.1, 0.15) is 63.4 Å². The SMILES string of the molecule is O=C(CCCN1C(=O)c2ccccc2C1=O)NCCn1nc(C(F)(F)F)c2c1CCCC2. The highest BCUT2D eigenvalue weighted by Crippen LogP contribution is 2.35. The highest BCUT2D eigenvalue weighted by Gasteiger charge is 2.39. The van der Waals surface area contributed by atoms with E-state index in [0.29, 0.717) is 42.5 Å². The summed E-state index contributed by atoms with van der Waals surface area (Å²) in [6, 6.07) is 6.58. The number of benzene rings is 1. The lowest BCUT2D eigenvalue weighted by Crippen LogP contribution is -2.32. The van der Waals surface area contributed by atoms with Crippen LogP contribution in [-0.2, 0) is 30.4 Å². The first-order valence-corrected chi connectivity index (χ1v) is 10.6. The molecule has 1 aliphatic carbocycles. The molecule has 1 aromatic carbocycles. The monoisotopic (exact) mass is 448 g/mol. The zero-order valence-electron chi connectivity index (χ0n) is 17.4. The molecular weight excluding hydrogens is 425 g/mol. The van der Waals surface area contributed by atoms with Crippen molar-refractivity contribution in [2.75, 3.05) is 13.1 Å². The van der Waals surface area contributed by atoms with Crippen LogP contribution >= 0.6 is 0 Å². The summed E-state index contributed by atoms with van der Waals surface area (Å²) in [5.41, 5.74) is 0.782. The van der Waals surface area contributed by atoms with Crippen molar-refractivity contribution in [3.05, 3.63) is 52.3 Å². The minimum Gasteiger partial charge on any atom is -0.354 e. The number of hydrogen-bond acceptors (Lipinski definition) is 4. The van der Waals surface area contributed by atoms with Crippen molar-refractivity contribution in [1.82, 2.24) is 20.0 Å². The van der Waals surface area contributed by atoms with Crippen molar-refractivity contribution < 1.29 is 27.6 Å². The summed E-state index contributed by atoms with van der Waals surface area (Å²) in [5.74, 6) is -1.02. The van der Waals surface area contributed by atoms with Gasteiger partial charge in [0.15, 0.2) is 5.69 Å². The van der Waals surface area contributed by atoms with Crippen LogP contribution in [0, 0.1) is 0 Å². The van der Waals surface area contributed by atoms with E-state index in [9.17, 15) is 27.6 Å². The quantitative estimate of drug-likeness (QED) is 0.660. The van der Waals surface area contributed by atoms with E-state index in [0.717, 1.165) is 11.3 Å². The zero-order chi connectivity index (χ0) is 22.9. The fourth-order valence-electron chi connectivity index (χ4n) is 4.31. The molecule has 2 aliphatic rings. The fraction of sp³-hybridized carbons (Fsp3) is 0.455. The summed E-state index contributed by atoms with van der Waals surface area (Å²) in [6.45, 7) is 0.432. The molecule has 1 aromatic heterocycles. The molecule has 0 fully saturated rings. The summed E-state index contributed by atoms with van der Waals surface area (Å²) >= 11 is 0. The highest BCUT2D eigenvalue weighted by molar-refractivity contribution is 6.21. The molecule has 7 nitrogen and oxygen atoms in total. The van der Waals surface area contributed by atoms with Gasteiger partial charge in [-0.3, -0.25) is 24.0 Å². The Kier molecular flexibility index (Phi) is 6.03. The Hall–Kier alpha value is -3.17. The van der Waals surface area contributed by atoms with Gasteiger partial charge in [-0.15, -0.1) is 0 Å². The minimum atomic E-state index is -4.49. The number of nitrogens with one attached hydrogen (secondary N) is 1. The number of fused-ring (bicyclic) bond motifs is 2. The average Bonchev–Trinajstić information content (AvgIpc) is 3.25. The third-order valence-electron chi connectivity index (χ3n) is 5.83. The normalized spacial score (nSPS) is 15.7. The van der Waals surface area contributed by atoms with Gasteiger partial charge in [-0.1, -0.05) is 12.1 Å². The molecule has 0 radical (unpaired) electrons. The third kappa shape index (κ3) is 4.26. The maximum absolute atomic E-state index is 13.3. The van der Waals surface area contributed by atoms with E-state index in [1.807, 2.05) is 0 Å². The van der Waals surface area contributed by atoms with E-state index >= 15 is 0 Å². The number of aromatic nitrogens is 2. The molecule has 0 bridgehead atoms. The van der Waals surface area contributed by atoms with Crippen LogP contribution in [0.25, 0.3) is 0 Å². The van der Waals surface area contributed by atoms with Crippen LogP contribution in [-0.4, -0.2) is 45.5 Å². The van der Waals surface area contributed by atoms with Gasteiger partial charge < -0.3 is 5.32 Å². The van der Waals surface area contributed by atoms with Gasteiger partial charge in [-0.25, -0.2) is 0 Å².